The average Bonchev–Trinajstić information content (AvgIpc) is 2.07. The molecule has 0 aliphatic rings. The minimum absolute atomic E-state index is 0.00118. The van der Waals surface area contributed by atoms with E-state index in [2.05, 4.69) is 20.8 Å². The fourth-order valence-corrected chi connectivity index (χ4v) is 1.45. The molecule has 0 aliphatic heterocycles. The highest BCUT2D eigenvalue weighted by Gasteiger charge is 2.33. The lowest BCUT2D eigenvalue weighted by Crippen LogP contribution is -2.06. The van der Waals surface area contributed by atoms with Gasteiger partial charge in [0.25, 0.3) is 0 Å². The van der Waals surface area contributed by atoms with Crippen LogP contribution in [0.2, 0.25) is 0 Å². The predicted molar refractivity (Wildman–Crippen MR) is 49.5 cm³/mol. The Morgan fingerprint density at radius 2 is 2.00 bits per heavy atom. The third-order valence-electron chi connectivity index (χ3n) is 1.60. The van der Waals surface area contributed by atoms with Gasteiger partial charge in [-0.05, 0) is 12.1 Å². The van der Waals surface area contributed by atoms with E-state index in [1.54, 1.807) is 0 Å². The summed E-state index contributed by atoms with van der Waals surface area (Å²) in [7, 11) is 0. The molecule has 0 spiro atoms. The first-order chi connectivity index (χ1) is 6.45. The lowest BCUT2D eigenvalue weighted by molar-refractivity contribution is -0.138. The van der Waals surface area contributed by atoms with Crippen molar-refractivity contribution in [3.8, 4) is 0 Å². The molecule has 0 heterocycles. The van der Waals surface area contributed by atoms with Crippen molar-refractivity contribution in [2.24, 2.45) is 0 Å². The summed E-state index contributed by atoms with van der Waals surface area (Å²) in [6, 6.07) is 3.79. The molecule has 0 saturated heterocycles. The van der Waals surface area contributed by atoms with Gasteiger partial charge < -0.3 is 4.85 Å². The van der Waals surface area contributed by atoms with E-state index in [0.717, 1.165) is 6.07 Å². The quantitative estimate of drug-likeness (QED) is 0.678. The smallest absolute Gasteiger partial charge is 0.312 e. The first-order valence-electron chi connectivity index (χ1n) is 3.64. The number of rotatable bonds is 1. The molecule has 0 unspecified atom stereocenters. The van der Waals surface area contributed by atoms with Crippen LogP contribution in [-0.2, 0) is 12.7 Å². The van der Waals surface area contributed by atoms with E-state index < -0.39 is 11.7 Å². The third-order valence-corrected chi connectivity index (χ3v) is 2.29. The minimum Gasteiger partial charge on any atom is -0.312 e. The van der Waals surface area contributed by atoms with Crippen LogP contribution in [-0.4, -0.2) is 0 Å². The molecular formula is C9H5BrF3N. The van der Waals surface area contributed by atoms with Gasteiger partial charge in [0.1, 0.15) is 0 Å². The fourth-order valence-electron chi connectivity index (χ4n) is 0.979. The van der Waals surface area contributed by atoms with Crippen molar-refractivity contribution in [1.82, 2.24) is 0 Å². The molecule has 0 bridgehead atoms. The van der Waals surface area contributed by atoms with Gasteiger partial charge in [-0.3, -0.25) is 0 Å². The van der Waals surface area contributed by atoms with Crippen LogP contribution in [0.25, 0.3) is 4.85 Å². The van der Waals surface area contributed by atoms with Crippen LogP contribution in [0, 0.1) is 6.57 Å². The van der Waals surface area contributed by atoms with E-state index >= 15 is 0 Å². The molecule has 0 amide bonds. The van der Waals surface area contributed by atoms with E-state index in [1.807, 2.05) is 0 Å². The third kappa shape index (κ3) is 2.48. The molecule has 1 aromatic rings. The second kappa shape index (κ2) is 4.01. The van der Waals surface area contributed by atoms with E-state index in [0.29, 0.717) is 5.56 Å². The Kier molecular flexibility index (Phi) is 3.17. The van der Waals surface area contributed by atoms with Crippen molar-refractivity contribution in [3.63, 3.8) is 0 Å². The Hall–Kier alpha value is -1.02. The topological polar surface area (TPSA) is 4.36 Å². The van der Waals surface area contributed by atoms with Crippen molar-refractivity contribution in [2.45, 2.75) is 12.7 Å². The zero-order valence-corrected chi connectivity index (χ0v) is 8.48. The second-order valence-corrected chi connectivity index (χ2v) is 3.48. The lowest BCUT2D eigenvalue weighted by atomic mass is 10.1. The van der Waals surface area contributed by atoms with Crippen molar-refractivity contribution in [2.75, 3.05) is 0 Å². The van der Waals surface area contributed by atoms with Crippen molar-refractivity contribution in [1.29, 1.82) is 0 Å². The number of hydrogen-bond acceptors (Lipinski definition) is 0. The summed E-state index contributed by atoms with van der Waals surface area (Å²) < 4.78 is 37.1. The van der Waals surface area contributed by atoms with Crippen LogP contribution >= 0.6 is 15.9 Å². The van der Waals surface area contributed by atoms with E-state index in [9.17, 15) is 13.2 Å². The van der Waals surface area contributed by atoms with Gasteiger partial charge in [0.2, 0.25) is 6.54 Å². The number of alkyl halides is 3. The monoisotopic (exact) mass is 263 g/mol. The first kappa shape index (κ1) is 11.1. The highest BCUT2D eigenvalue weighted by atomic mass is 79.9. The van der Waals surface area contributed by atoms with Crippen molar-refractivity contribution >= 4 is 15.9 Å². The van der Waals surface area contributed by atoms with Crippen LogP contribution < -0.4 is 0 Å². The SMILES string of the molecule is [C-]#[N+]Cc1ccc(Br)c(C(F)(F)F)c1. The van der Waals surface area contributed by atoms with Gasteiger partial charge in [0.15, 0.2) is 0 Å². The molecule has 0 aliphatic carbocycles. The highest BCUT2D eigenvalue weighted by molar-refractivity contribution is 9.10. The largest absolute Gasteiger partial charge is 0.417 e. The summed E-state index contributed by atoms with van der Waals surface area (Å²) in [5.74, 6) is 0. The van der Waals surface area contributed by atoms with Crippen LogP contribution in [0.5, 0.6) is 0 Å². The van der Waals surface area contributed by atoms with Gasteiger partial charge in [-0.15, -0.1) is 0 Å². The Labute approximate surface area is 87.5 Å². The number of nitrogens with zero attached hydrogens (tertiary/aromatic N) is 1. The second-order valence-electron chi connectivity index (χ2n) is 2.63. The normalized spacial score (nSPS) is 11.1. The first-order valence-corrected chi connectivity index (χ1v) is 4.43. The minimum atomic E-state index is -4.38. The number of halogens is 4. The molecule has 0 N–H and O–H groups in total. The zero-order chi connectivity index (χ0) is 10.8. The average molecular weight is 264 g/mol. The van der Waals surface area contributed by atoms with Crippen molar-refractivity contribution in [3.05, 3.63) is 45.2 Å². The summed E-state index contributed by atoms with van der Waals surface area (Å²) in [6.45, 7) is 6.52. The van der Waals surface area contributed by atoms with Crippen LogP contribution in [0.1, 0.15) is 11.1 Å². The Balaban J connectivity index is 3.17. The van der Waals surface area contributed by atoms with Crippen molar-refractivity contribution < 1.29 is 13.2 Å². The van der Waals surface area contributed by atoms with Gasteiger partial charge in [-0.2, -0.15) is 13.2 Å². The van der Waals surface area contributed by atoms with E-state index in [4.69, 9.17) is 6.57 Å². The van der Waals surface area contributed by atoms with Gasteiger partial charge in [0.05, 0.1) is 5.56 Å². The fraction of sp³-hybridized carbons (Fsp3) is 0.222. The molecule has 0 fully saturated rings. The van der Waals surface area contributed by atoms with Gasteiger partial charge in [-0.25, -0.2) is 6.57 Å². The van der Waals surface area contributed by atoms with Crippen LogP contribution in [0.3, 0.4) is 0 Å². The Bertz CT molecular complexity index is 379. The van der Waals surface area contributed by atoms with Crippen LogP contribution in [0.15, 0.2) is 22.7 Å². The summed E-state index contributed by atoms with van der Waals surface area (Å²) in [6.07, 6.45) is -4.38. The molecule has 0 aromatic heterocycles. The molecule has 0 radical (unpaired) electrons. The highest BCUT2D eigenvalue weighted by Crippen LogP contribution is 2.35. The van der Waals surface area contributed by atoms with Crippen LogP contribution in [0.4, 0.5) is 13.2 Å². The summed E-state index contributed by atoms with van der Waals surface area (Å²) in [5.41, 5.74) is -0.367. The molecule has 1 nitrogen and oxygen atoms in total. The van der Waals surface area contributed by atoms with E-state index in [1.165, 1.54) is 12.1 Å². The summed E-state index contributed by atoms with van der Waals surface area (Å²) in [5, 5.41) is 0. The molecule has 0 atom stereocenters. The number of hydrogen-bond donors (Lipinski definition) is 0. The molecule has 74 valence electrons. The number of benzene rings is 1. The lowest BCUT2D eigenvalue weighted by Gasteiger charge is -2.09. The molecule has 1 rings (SSSR count). The zero-order valence-electron chi connectivity index (χ0n) is 6.90. The maximum Gasteiger partial charge on any atom is 0.417 e. The Morgan fingerprint density at radius 3 is 2.50 bits per heavy atom. The molecule has 14 heavy (non-hydrogen) atoms. The Morgan fingerprint density at radius 1 is 1.36 bits per heavy atom. The van der Waals surface area contributed by atoms with Gasteiger partial charge >= 0.3 is 6.18 Å². The molecule has 1 aromatic carbocycles. The maximum atomic E-state index is 12.4. The summed E-state index contributed by atoms with van der Waals surface area (Å²) >= 11 is 2.82. The van der Waals surface area contributed by atoms with E-state index in [-0.39, 0.29) is 11.0 Å². The standard InChI is InChI=1S/C9H5BrF3N/c1-14-5-6-2-3-8(10)7(4-6)9(11,12)13/h2-4H,5H2. The molecular weight excluding hydrogens is 259 g/mol. The summed E-state index contributed by atoms with van der Waals surface area (Å²) in [4.78, 5) is 3.03. The molecule has 5 heteroatoms. The van der Waals surface area contributed by atoms with Gasteiger partial charge in [0, 0.05) is 10.0 Å². The maximum absolute atomic E-state index is 12.4. The van der Waals surface area contributed by atoms with Gasteiger partial charge in [-0.1, -0.05) is 22.0 Å². The molecule has 0 saturated carbocycles. The predicted octanol–water partition coefficient (Wildman–Crippen LogP) is 3.89.